The summed E-state index contributed by atoms with van der Waals surface area (Å²) in [6, 6.07) is 0. The van der Waals surface area contributed by atoms with Gasteiger partial charge in [-0.3, -0.25) is 9.36 Å². The average Bonchev–Trinajstić information content (AvgIpc) is 2.04. The van der Waals surface area contributed by atoms with E-state index in [1.807, 2.05) is 0 Å². The van der Waals surface area contributed by atoms with Gasteiger partial charge in [-0.05, 0) is 27.7 Å². The molecule has 0 saturated carbocycles. The van der Waals surface area contributed by atoms with Gasteiger partial charge in [0.1, 0.15) is 0 Å². The highest BCUT2D eigenvalue weighted by molar-refractivity contribution is 7.55. The third-order valence-corrected chi connectivity index (χ3v) is 3.99. The van der Waals surface area contributed by atoms with Crippen molar-refractivity contribution in [3.05, 3.63) is 0 Å². The Hall–Kier alpha value is -0.380. The van der Waals surface area contributed by atoms with E-state index >= 15 is 0 Å². The van der Waals surface area contributed by atoms with Gasteiger partial charge in [-0.2, -0.15) is 0 Å². The molecular weight excluding hydrogens is 207 g/mol. The smallest absolute Gasteiger partial charge is 0.344 e. The van der Waals surface area contributed by atoms with Crippen molar-refractivity contribution in [2.24, 2.45) is 0 Å². The van der Waals surface area contributed by atoms with E-state index in [9.17, 15) is 14.3 Å². The van der Waals surface area contributed by atoms with Gasteiger partial charge >= 0.3 is 13.6 Å². The van der Waals surface area contributed by atoms with Crippen molar-refractivity contribution in [2.75, 3.05) is 13.2 Å². The second-order valence-corrected chi connectivity index (χ2v) is 5.63. The molecule has 0 aromatic heterocycles. The van der Waals surface area contributed by atoms with Gasteiger partial charge in [-0.25, -0.2) is 0 Å². The van der Waals surface area contributed by atoms with Crippen molar-refractivity contribution in [1.82, 2.24) is 0 Å². The minimum Gasteiger partial charge on any atom is -0.465 e. The minimum atomic E-state index is -3.96. The van der Waals surface area contributed by atoms with E-state index in [0.717, 1.165) is 0 Å². The molecule has 0 spiro atoms. The first-order chi connectivity index (χ1) is 6.29. The van der Waals surface area contributed by atoms with Gasteiger partial charge in [0.25, 0.3) is 0 Å². The zero-order valence-corrected chi connectivity index (χ0v) is 9.84. The Kier molecular flexibility index (Phi) is 4.78. The largest absolute Gasteiger partial charge is 0.465 e. The number of hydrogen-bond acceptors (Lipinski definition) is 4. The van der Waals surface area contributed by atoms with E-state index in [1.165, 1.54) is 13.8 Å². The lowest BCUT2D eigenvalue weighted by atomic mass is 10.2. The van der Waals surface area contributed by atoms with Crippen LogP contribution in [0, 0.1) is 0 Å². The predicted molar refractivity (Wildman–Crippen MR) is 52.2 cm³/mol. The fraction of sp³-hybridized carbons (Fsp3) is 0.875. The number of ether oxygens (including phenoxy) is 1. The second kappa shape index (κ2) is 4.91. The molecule has 0 radical (unpaired) electrons. The van der Waals surface area contributed by atoms with Crippen molar-refractivity contribution in [3.8, 4) is 0 Å². The summed E-state index contributed by atoms with van der Waals surface area (Å²) in [4.78, 5) is 20.8. The lowest BCUT2D eigenvalue weighted by Crippen LogP contribution is -2.34. The zero-order valence-electron chi connectivity index (χ0n) is 8.94. The van der Waals surface area contributed by atoms with Crippen LogP contribution in [-0.2, 0) is 18.6 Å². The van der Waals surface area contributed by atoms with Gasteiger partial charge in [-0.15, -0.1) is 0 Å². The fourth-order valence-corrected chi connectivity index (χ4v) is 1.73. The average molecular weight is 224 g/mol. The third-order valence-electron chi connectivity index (χ3n) is 1.79. The van der Waals surface area contributed by atoms with Gasteiger partial charge in [0, 0.05) is 0 Å². The molecule has 1 unspecified atom stereocenters. The van der Waals surface area contributed by atoms with Crippen molar-refractivity contribution in [3.63, 3.8) is 0 Å². The molecule has 1 N–H and O–H groups in total. The Morgan fingerprint density at radius 3 is 2.21 bits per heavy atom. The van der Waals surface area contributed by atoms with Crippen LogP contribution in [0.3, 0.4) is 0 Å². The van der Waals surface area contributed by atoms with Crippen LogP contribution < -0.4 is 0 Å². The minimum absolute atomic E-state index is 0.0800. The SMILES string of the molecule is CCOC(=O)C(C)(C)P(=O)(O)OCC. The first kappa shape index (κ1) is 13.6. The fourth-order valence-electron chi connectivity index (χ4n) is 0.759. The van der Waals surface area contributed by atoms with Crippen LogP contribution in [0.25, 0.3) is 0 Å². The Balaban J connectivity index is 4.75. The number of carbonyl (C=O) groups excluding carboxylic acids is 1. The summed E-state index contributed by atoms with van der Waals surface area (Å²) in [7, 11) is -3.96. The maximum Gasteiger partial charge on any atom is 0.344 e. The first-order valence-corrected chi connectivity index (χ1v) is 6.02. The monoisotopic (exact) mass is 224 g/mol. The van der Waals surface area contributed by atoms with Crippen LogP contribution in [0.4, 0.5) is 0 Å². The summed E-state index contributed by atoms with van der Waals surface area (Å²) < 4.78 is 20.9. The maximum absolute atomic E-state index is 11.6. The van der Waals surface area contributed by atoms with Gasteiger partial charge in [-0.1, -0.05) is 0 Å². The summed E-state index contributed by atoms with van der Waals surface area (Å²) in [5, 5.41) is -1.51. The van der Waals surface area contributed by atoms with Crippen LogP contribution in [0.5, 0.6) is 0 Å². The number of esters is 1. The molecule has 0 aromatic rings. The number of rotatable bonds is 5. The summed E-state index contributed by atoms with van der Waals surface area (Å²) in [5.41, 5.74) is 0. The lowest BCUT2D eigenvalue weighted by Gasteiger charge is -2.26. The standard InChI is InChI=1S/C8H17O5P/c1-5-12-7(9)8(3,4)14(10,11)13-6-2/h5-6H2,1-4H3,(H,10,11). The molecule has 84 valence electrons. The van der Waals surface area contributed by atoms with Crippen LogP contribution >= 0.6 is 7.60 Å². The highest BCUT2D eigenvalue weighted by atomic mass is 31.2. The number of carbonyl (C=O) groups is 1. The van der Waals surface area contributed by atoms with Crippen LogP contribution in [0.1, 0.15) is 27.7 Å². The molecule has 0 amide bonds. The van der Waals surface area contributed by atoms with Crippen molar-refractivity contribution in [1.29, 1.82) is 0 Å². The van der Waals surface area contributed by atoms with E-state index in [2.05, 4.69) is 9.26 Å². The highest BCUT2D eigenvalue weighted by Crippen LogP contribution is 2.55. The Morgan fingerprint density at radius 2 is 1.86 bits per heavy atom. The normalized spacial score (nSPS) is 16.1. The summed E-state index contributed by atoms with van der Waals surface area (Å²) in [6.07, 6.45) is 0. The lowest BCUT2D eigenvalue weighted by molar-refractivity contribution is -0.145. The Bertz CT molecular complexity index is 248. The molecule has 1 atom stereocenters. The molecule has 0 aliphatic carbocycles. The molecule has 0 bridgehead atoms. The van der Waals surface area contributed by atoms with E-state index in [0.29, 0.717) is 0 Å². The van der Waals surface area contributed by atoms with E-state index in [4.69, 9.17) is 0 Å². The molecule has 0 rings (SSSR count). The number of hydrogen-bond donors (Lipinski definition) is 1. The summed E-state index contributed by atoms with van der Waals surface area (Å²) in [5.74, 6) is -0.723. The molecule has 0 saturated heterocycles. The van der Waals surface area contributed by atoms with Crippen molar-refractivity contribution < 1.29 is 23.5 Å². The van der Waals surface area contributed by atoms with E-state index < -0.39 is 18.7 Å². The summed E-state index contributed by atoms with van der Waals surface area (Å²) >= 11 is 0. The van der Waals surface area contributed by atoms with Gasteiger partial charge in [0.2, 0.25) is 0 Å². The second-order valence-electron chi connectivity index (χ2n) is 3.22. The van der Waals surface area contributed by atoms with Gasteiger partial charge in [0.05, 0.1) is 13.2 Å². The van der Waals surface area contributed by atoms with Crippen LogP contribution in [-0.4, -0.2) is 29.2 Å². The molecular formula is C8H17O5P. The third kappa shape index (κ3) is 2.80. The topological polar surface area (TPSA) is 72.8 Å². The van der Waals surface area contributed by atoms with E-state index in [-0.39, 0.29) is 13.2 Å². The molecule has 0 aliphatic heterocycles. The predicted octanol–water partition coefficient (Wildman–Crippen LogP) is 1.55. The zero-order chi connectivity index (χ0) is 11.4. The molecule has 5 nitrogen and oxygen atoms in total. The quantitative estimate of drug-likeness (QED) is 0.566. The molecule has 6 heteroatoms. The molecule has 14 heavy (non-hydrogen) atoms. The van der Waals surface area contributed by atoms with E-state index in [1.54, 1.807) is 13.8 Å². The molecule has 0 aromatic carbocycles. The van der Waals surface area contributed by atoms with Gasteiger partial charge in [0.15, 0.2) is 5.16 Å². The maximum atomic E-state index is 11.6. The Labute approximate surface area is 83.9 Å². The summed E-state index contributed by atoms with van der Waals surface area (Å²) in [6.45, 7) is 6.15. The molecule has 0 fully saturated rings. The van der Waals surface area contributed by atoms with Crippen molar-refractivity contribution in [2.45, 2.75) is 32.9 Å². The van der Waals surface area contributed by atoms with Gasteiger partial charge < -0.3 is 14.2 Å². The molecule has 0 heterocycles. The highest BCUT2D eigenvalue weighted by Gasteiger charge is 2.48. The van der Waals surface area contributed by atoms with Crippen molar-refractivity contribution >= 4 is 13.6 Å². The van der Waals surface area contributed by atoms with Crippen LogP contribution in [0.2, 0.25) is 0 Å². The first-order valence-electron chi connectivity index (χ1n) is 4.44. The Morgan fingerprint density at radius 1 is 1.36 bits per heavy atom. The molecule has 0 aliphatic rings. The van der Waals surface area contributed by atoms with Crippen LogP contribution in [0.15, 0.2) is 0 Å².